The van der Waals surface area contributed by atoms with Crippen LogP contribution in [-0.4, -0.2) is 33.6 Å². The Morgan fingerprint density at radius 2 is 1.84 bits per heavy atom. The lowest BCUT2D eigenvalue weighted by Gasteiger charge is -2.26. The van der Waals surface area contributed by atoms with Crippen molar-refractivity contribution in [1.29, 1.82) is 0 Å². The molecule has 0 bridgehead atoms. The molecule has 2 N–H and O–H groups in total. The van der Waals surface area contributed by atoms with Crippen molar-refractivity contribution in [1.82, 2.24) is 15.3 Å². The maximum Gasteiger partial charge on any atom is 0.303 e. The number of halogens is 2. The van der Waals surface area contributed by atoms with Gasteiger partial charge >= 0.3 is 5.97 Å². The first-order valence-corrected chi connectivity index (χ1v) is 12.8. The molecular formula is C29H25ClFN3O4. The van der Waals surface area contributed by atoms with Gasteiger partial charge in [0.1, 0.15) is 11.6 Å². The molecule has 0 aliphatic carbocycles. The Bertz CT molecular complexity index is 1510. The summed E-state index contributed by atoms with van der Waals surface area (Å²) in [7, 11) is 0. The number of aliphatic carboxylic acids is 1. The average molecular weight is 534 g/mol. The lowest BCUT2D eigenvalue weighted by atomic mass is 10.00. The summed E-state index contributed by atoms with van der Waals surface area (Å²) < 4.78 is 19.2. The predicted octanol–water partition coefficient (Wildman–Crippen LogP) is 6.14. The standard InChI is InChI=1S/C29H25ClFN3O4/c30-19-8-5-17(6-9-19)28-24(3-1-2-4-27(35)36)32-25-15-18(7-12-23(25)33-28)29(37)34-22-13-14-38-26-16-20(31)10-11-21(22)26/h5-12,15-16,22H,1-4,13-14H2,(H,34,37)(H,35,36)/t22-/m1/s1. The minimum absolute atomic E-state index is 0.0869. The fraction of sp³-hybridized carbons (Fsp3) is 0.241. The Morgan fingerprint density at radius 3 is 2.63 bits per heavy atom. The number of rotatable bonds is 8. The zero-order chi connectivity index (χ0) is 26.6. The van der Waals surface area contributed by atoms with Crippen molar-refractivity contribution in [3.8, 4) is 17.0 Å². The zero-order valence-electron chi connectivity index (χ0n) is 20.4. The van der Waals surface area contributed by atoms with Crippen molar-refractivity contribution in [2.24, 2.45) is 0 Å². The van der Waals surface area contributed by atoms with Gasteiger partial charge in [-0.3, -0.25) is 9.59 Å². The van der Waals surface area contributed by atoms with E-state index >= 15 is 0 Å². The van der Waals surface area contributed by atoms with E-state index in [-0.39, 0.29) is 24.2 Å². The monoisotopic (exact) mass is 533 g/mol. The molecule has 0 radical (unpaired) electrons. The van der Waals surface area contributed by atoms with E-state index in [1.54, 1.807) is 36.4 Å². The third kappa shape index (κ3) is 5.75. The Morgan fingerprint density at radius 1 is 1.03 bits per heavy atom. The summed E-state index contributed by atoms with van der Waals surface area (Å²) in [6.07, 6.45) is 2.36. The number of hydrogen-bond donors (Lipinski definition) is 2. The predicted molar refractivity (Wildman–Crippen MR) is 142 cm³/mol. The van der Waals surface area contributed by atoms with E-state index in [0.717, 1.165) is 16.8 Å². The van der Waals surface area contributed by atoms with Gasteiger partial charge in [-0.25, -0.2) is 14.4 Å². The third-order valence-electron chi connectivity index (χ3n) is 6.49. The number of nitrogens with one attached hydrogen (secondary N) is 1. The number of carbonyl (C=O) groups is 2. The SMILES string of the molecule is O=C(O)CCCCc1nc2cc(C(=O)N[C@@H]3CCOc4cc(F)ccc43)ccc2nc1-c1ccc(Cl)cc1. The molecule has 9 heteroatoms. The molecule has 7 nitrogen and oxygen atoms in total. The highest BCUT2D eigenvalue weighted by molar-refractivity contribution is 6.30. The van der Waals surface area contributed by atoms with E-state index in [1.807, 2.05) is 12.1 Å². The van der Waals surface area contributed by atoms with Crippen molar-refractivity contribution in [3.63, 3.8) is 0 Å². The number of benzene rings is 3. The number of carbonyl (C=O) groups excluding carboxylic acids is 1. The summed E-state index contributed by atoms with van der Waals surface area (Å²) in [6, 6.07) is 16.5. The average Bonchev–Trinajstić information content (AvgIpc) is 2.90. The summed E-state index contributed by atoms with van der Waals surface area (Å²) in [5.41, 5.74) is 4.65. The molecular weight excluding hydrogens is 509 g/mol. The highest BCUT2D eigenvalue weighted by atomic mass is 35.5. The van der Waals surface area contributed by atoms with E-state index in [4.69, 9.17) is 31.4 Å². The lowest BCUT2D eigenvalue weighted by molar-refractivity contribution is -0.137. The molecule has 38 heavy (non-hydrogen) atoms. The Labute approximate surface area is 223 Å². The van der Waals surface area contributed by atoms with E-state index in [2.05, 4.69) is 5.32 Å². The molecule has 1 amide bonds. The molecule has 2 heterocycles. The third-order valence-corrected chi connectivity index (χ3v) is 6.74. The summed E-state index contributed by atoms with van der Waals surface area (Å²) in [4.78, 5) is 33.8. The topological polar surface area (TPSA) is 101 Å². The highest BCUT2D eigenvalue weighted by Crippen LogP contribution is 2.33. The summed E-state index contributed by atoms with van der Waals surface area (Å²) in [6.45, 7) is 0.378. The molecule has 0 spiro atoms. The van der Waals surface area contributed by atoms with Crippen molar-refractivity contribution in [2.75, 3.05) is 6.61 Å². The second-order valence-corrected chi connectivity index (χ2v) is 9.61. The van der Waals surface area contributed by atoms with Gasteiger partial charge in [0.25, 0.3) is 5.91 Å². The minimum Gasteiger partial charge on any atom is -0.493 e. The molecule has 3 aromatic carbocycles. The minimum atomic E-state index is -0.833. The molecule has 0 unspecified atom stereocenters. The zero-order valence-corrected chi connectivity index (χ0v) is 21.2. The van der Waals surface area contributed by atoms with Crippen LogP contribution >= 0.6 is 11.6 Å². The number of aromatic nitrogens is 2. The fourth-order valence-corrected chi connectivity index (χ4v) is 4.69. The first-order valence-electron chi connectivity index (χ1n) is 12.4. The van der Waals surface area contributed by atoms with Crippen LogP contribution in [0.4, 0.5) is 4.39 Å². The molecule has 1 atom stereocenters. The van der Waals surface area contributed by atoms with E-state index in [1.165, 1.54) is 12.1 Å². The Balaban J connectivity index is 1.43. The van der Waals surface area contributed by atoms with Crippen LogP contribution in [0.25, 0.3) is 22.3 Å². The van der Waals surface area contributed by atoms with Crippen LogP contribution in [0.1, 0.15) is 53.3 Å². The first-order chi connectivity index (χ1) is 18.4. The number of ether oxygens (including phenoxy) is 1. The van der Waals surface area contributed by atoms with Gasteiger partial charge in [-0.15, -0.1) is 0 Å². The highest BCUT2D eigenvalue weighted by Gasteiger charge is 2.24. The van der Waals surface area contributed by atoms with Crippen LogP contribution in [0.2, 0.25) is 5.02 Å². The summed E-state index contributed by atoms with van der Waals surface area (Å²) in [5.74, 6) is -1.06. The Hall–Kier alpha value is -4.04. The number of fused-ring (bicyclic) bond motifs is 2. The number of nitrogens with zero attached hydrogens (tertiary/aromatic N) is 2. The van der Waals surface area contributed by atoms with Gasteiger partial charge in [0, 0.05) is 40.6 Å². The molecule has 1 aliphatic rings. The number of amides is 1. The summed E-state index contributed by atoms with van der Waals surface area (Å²) >= 11 is 6.06. The fourth-order valence-electron chi connectivity index (χ4n) is 4.57. The molecule has 194 valence electrons. The van der Waals surface area contributed by atoms with Crippen LogP contribution in [0.3, 0.4) is 0 Å². The van der Waals surface area contributed by atoms with Crippen molar-refractivity contribution >= 4 is 34.5 Å². The van der Waals surface area contributed by atoms with Crippen LogP contribution in [0.15, 0.2) is 60.7 Å². The number of aryl methyl sites for hydroxylation is 1. The van der Waals surface area contributed by atoms with Gasteiger partial charge in [-0.1, -0.05) is 29.8 Å². The molecule has 5 rings (SSSR count). The number of carboxylic acids is 1. The molecule has 0 saturated carbocycles. The van der Waals surface area contributed by atoms with Crippen molar-refractivity contribution < 1.29 is 23.8 Å². The number of unbranched alkanes of at least 4 members (excludes halogenated alkanes) is 1. The van der Waals surface area contributed by atoms with E-state index < -0.39 is 5.97 Å². The van der Waals surface area contributed by atoms with Gasteiger partial charge in [-0.05, 0) is 55.7 Å². The van der Waals surface area contributed by atoms with Crippen LogP contribution in [0.5, 0.6) is 5.75 Å². The number of carboxylic acid groups (broad SMARTS) is 1. The first kappa shape index (κ1) is 25.6. The van der Waals surface area contributed by atoms with Crippen LogP contribution in [-0.2, 0) is 11.2 Å². The van der Waals surface area contributed by atoms with Gasteiger partial charge in [0.15, 0.2) is 0 Å². The van der Waals surface area contributed by atoms with Crippen molar-refractivity contribution in [3.05, 3.63) is 88.3 Å². The smallest absolute Gasteiger partial charge is 0.303 e. The molecule has 0 fully saturated rings. The lowest BCUT2D eigenvalue weighted by Crippen LogP contribution is -2.32. The van der Waals surface area contributed by atoms with E-state index in [0.29, 0.717) is 65.4 Å². The van der Waals surface area contributed by atoms with Gasteiger partial charge in [0.2, 0.25) is 0 Å². The second-order valence-electron chi connectivity index (χ2n) is 9.18. The maximum atomic E-state index is 13.6. The normalized spacial score (nSPS) is 14.5. The van der Waals surface area contributed by atoms with Gasteiger partial charge in [-0.2, -0.15) is 0 Å². The summed E-state index contributed by atoms with van der Waals surface area (Å²) in [5, 5.41) is 12.6. The largest absolute Gasteiger partial charge is 0.493 e. The number of hydrogen-bond acceptors (Lipinski definition) is 5. The molecule has 1 aromatic heterocycles. The Kier molecular flexibility index (Phi) is 7.51. The van der Waals surface area contributed by atoms with Gasteiger partial charge in [0.05, 0.1) is 35.1 Å². The van der Waals surface area contributed by atoms with E-state index in [9.17, 15) is 14.0 Å². The maximum absolute atomic E-state index is 13.6. The molecule has 0 saturated heterocycles. The van der Waals surface area contributed by atoms with Crippen molar-refractivity contribution in [2.45, 2.75) is 38.1 Å². The second kappa shape index (κ2) is 11.1. The molecule has 4 aromatic rings. The molecule has 1 aliphatic heterocycles. The van der Waals surface area contributed by atoms with Crippen LogP contribution < -0.4 is 10.1 Å². The van der Waals surface area contributed by atoms with Crippen LogP contribution in [0, 0.1) is 5.82 Å². The van der Waals surface area contributed by atoms with Gasteiger partial charge < -0.3 is 15.2 Å². The quantitative estimate of drug-likeness (QED) is 0.264.